The monoisotopic (exact) mass is 295 g/mol. The number of nitrogens with zero attached hydrogens (tertiary/aromatic N) is 2. The van der Waals surface area contributed by atoms with E-state index in [1.165, 1.54) is 5.56 Å². The Morgan fingerprint density at radius 2 is 1.91 bits per heavy atom. The third-order valence-electron chi connectivity index (χ3n) is 3.20. The Balaban J connectivity index is 1.58. The van der Waals surface area contributed by atoms with Crippen LogP contribution in [0.5, 0.6) is 5.88 Å². The summed E-state index contributed by atoms with van der Waals surface area (Å²) in [7, 11) is 0. The number of aryl methyl sites for hydroxylation is 1. The first-order valence-corrected chi connectivity index (χ1v) is 7.16. The average molecular weight is 295 g/mol. The normalized spacial score (nSPS) is 10.5. The van der Waals surface area contributed by atoms with Crippen molar-refractivity contribution in [2.75, 3.05) is 12.3 Å². The van der Waals surface area contributed by atoms with E-state index in [1.54, 1.807) is 18.4 Å². The summed E-state index contributed by atoms with van der Waals surface area (Å²) >= 11 is 0. The molecular weight excluding hydrogens is 278 g/mol. The molecule has 0 radical (unpaired) electrons. The molecule has 0 bridgehead atoms. The number of aromatic nitrogens is 2. The number of nitrogen functional groups attached to an aromatic ring is 1. The van der Waals surface area contributed by atoms with Crippen LogP contribution in [0.2, 0.25) is 0 Å². The van der Waals surface area contributed by atoms with Crippen LogP contribution in [0.15, 0.2) is 59.2 Å². The van der Waals surface area contributed by atoms with Crippen LogP contribution in [0.3, 0.4) is 0 Å². The molecule has 0 aliphatic heterocycles. The second-order valence-electron chi connectivity index (χ2n) is 4.86. The standard InChI is InChI=1S/C17H17N3O2/c18-17-19-14(15-9-5-10-21-15)12-16(20-17)22-11-4-8-13-6-2-1-3-7-13/h1-3,5-7,9-10,12H,4,8,11H2,(H2,18,19,20). The Hall–Kier alpha value is -2.82. The Bertz CT molecular complexity index is 712. The smallest absolute Gasteiger partial charge is 0.223 e. The van der Waals surface area contributed by atoms with Crippen molar-refractivity contribution in [2.24, 2.45) is 0 Å². The van der Waals surface area contributed by atoms with Crippen molar-refractivity contribution in [3.8, 4) is 17.3 Å². The molecule has 22 heavy (non-hydrogen) atoms. The number of benzene rings is 1. The predicted molar refractivity (Wildman–Crippen MR) is 84.4 cm³/mol. The topological polar surface area (TPSA) is 74.2 Å². The molecule has 0 aliphatic rings. The van der Waals surface area contributed by atoms with Crippen LogP contribution in [0.25, 0.3) is 11.5 Å². The summed E-state index contributed by atoms with van der Waals surface area (Å²) < 4.78 is 11.0. The molecule has 0 unspecified atom stereocenters. The zero-order chi connectivity index (χ0) is 15.2. The molecule has 0 spiro atoms. The second kappa shape index (κ2) is 6.76. The van der Waals surface area contributed by atoms with Crippen molar-refractivity contribution in [3.63, 3.8) is 0 Å². The summed E-state index contributed by atoms with van der Waals surface area (Å²) in [5.74, 6) is 1.28. The van der Waals surface area contributed by atoms with Crippen LogP contribution in [0.4, 0.5) is 5.95 Å². The van der Waals surface area contributed by atoms with Crippen molar-refractivity contribution in [1.29, 1.82) is 0 Å². The highest BCUT2D eigenvalue weighted by Crippen LogP contribution is 2.22. The van der Waals surface area contributed by atoms with Crippen LogP contribution in [-0.4, -0.2) is 16.6 Å². The van der Waals surface area contributed by atoms with Gasteiger partial charge in [0.1, 0.15) is 5.69 Å². The van der Waals surface area contributed by atoms with Gasteiger partial charge in [-0.2, -0.15) is 4.98 Å². The highest BCUT2D eigenvalue weighted by molar-refractivity contribution is 5.54. The van der Waals surface area contributed by atoms with E-state index >= 15 is 0 Å². The summed E-state index contributed by atoms with van der Waals surface area (Å²) in [6.45, 7) is 0.572. The summed E-state index contributed by atoms with van der Waals surface area (Å²) in [6, 6.07) is 15.7. The van der Waals surface area contributed by atoms with Crippen LogP contribution in [0, 0.1) is 0 Å². The van der Waals surface area contributed by atoms with E-state index in [0.717, 1.165) is 12.8 Å². The number of furan rings is 1. The van der Waals surface area contributed by atoms with Gasteiger partial charge >= 0.3 is 0 Å². The van der Waals surface area contributed by atoms with Gasteiger partial charge in [0.2, 0.25) is 11.8 Å². The second-order valence-corrected chi connectivity index (χ2v) is 4.86. The molecule has 2 N–H and O–H groups in total. The molecule has 112 valence electrons. The third-order valence-corrected chi connectivity index (χ3v) is 3.20. The van der Waals surface area contributed by atoms with Gasteiger partial charge in [-0.3, -0.25) is 0 Å². The van der Waals surface area contributed by atoms with Crippen LogP contribution in [0.1, 0.15) is 12.0 Å². The molecule has 3 rings (SSSR count). The molecule has 0 aliphatic carbocycles. The lowest BCUT2D eigenvalue weighted by molar-refractivity contribution is 0.299. The van der Waals surface area contributed by atoms with E-state index in [2.05, 4.69) is 22.1 Å². The predicted octanol–water partition coefficient (Wildman–Crippen LogP) is 3.33. The summed E-state index contributed by atoms with van der Waals surface area (Å²) in [4.78, 5) is 8.24. The maximum atomic E-state index is 5.72. The van der Waals surface area contributed by atoms with Gasteiger partial charge in [-0.1, -0.05) is 30.3 Å². The average Bonchev–Trinajstić information content (AvgIpc) is 3.07. The molecule has 1 aromatic carbocycles. The molecule has 2 heterocycles. The van der Waals surface area contributed by atoms with Gasteiger partial charge in [0.15, 0.2) is 5.76 Å². The SMILES string of the molecule is Nc1nc(OCCCc2ccccc2)cc(-c2ccco2)n1. The Labute approximate surface area is 128 Å². The summed E-state index contributed by atoms with van der Waals surface area (Å²) in [5.41, 5.74) is 7.63. The minimum atomic E-state index is 0.173. The Morgan fingerprint density at radius 3 is 2.68 bits per heavy atom. The quantitative estimate of drug-likeness (QED) is 0.706. The van der Waals surface area contributed by atoms with Gasteiger partial charge in [0.25, 0.3) is 0 Å². The molecule has 0 saturated carbocycles. The molecule has 3 aromatic rings. The number of anilines is 1. The highest BCUT2D eigenvalue weighted by atomic mass is 16.5. The van der Waals surface area contributed by atoms with E-state index in [9.17, 15) is 0 Å². The Morgan fingerprint density at radius 1 is 1.05 bits per heavy atom. The summed E-state index contributed by atoms with van der Waals surface area (Å²) in [6.07, 6.45) is 3.46. The number of ether oxygens (including phenoxy) is 1. The molecule has 0 amide bonds. The fourth-order valence-corrected chi connectivity index (χ4v) is 2.16. The first-order valence-electron chi connectivity index (χ1n) is 7.16. The van der Waals surface area contributed by atoms with Gasteiger partial charge in [-0.25, -0.2) is 4.98 Å². The highest BCUT2D eigenvalue weighted by Gasteiger charge is 2.08. The van der Waals surface area contributed by atoms with Gasteiger partial charge < -0.3 is 14.9 Å². The van der Waals surface area contributed by atoms with Gasteiger partial charge in [-0.15, -0.1) is 0 Å². The Kier molecular flexibility index (Phi) is 4.34. The molecule has 2 aromatic heterocycles. The van der Waals surface area contributed by atoms with E-state index in [1.807, 2.05) is 24.3 Å². The fourth-order valence-electron chi connectivity index (χ4n) is 2.16. The van der Waals surface area contributed by atoms with E-state index < -0.39 is 0 Å². The zero-order valence-corrected chi connectivity index (χ0v) is 12.1. The van der Waals surface area contributed by atoms with Crippen molar-refractivity contribution in [1.82, 2.24) is 9.97 Å². The van der Waals surface area contributed by atoms with Gasteiger partial charge in [0.05, 0.1) is 12.9 Å². The van der Waals surface area contributed by atoms with E-state index in [4.69, 9.17) is 14.9 Å². The number of hydrogen-bond donors (Lipinski definition) is 1. The van der Waals surface area contributed by atoms with Crippen molar-refractivity contribution >= 4 is 5.95 Å². The van der Waals surface area contributed by atoms with Crippen LogP contribution < -0.4 is 10.5 Å². The molecular formula is C17H17N3O2. The van der Waals surface area contributed by atoms with Crippen molar-refractivity contribution < 1.29 is 9.15 Å². The first kappa shape index (κ1) is 14.1. The van der Waals surface area contributed by atoms with Gasteiger partial charge in [0, 0.05) is 6.07 Å². The molecule has 0 fully saturated rings. The number of nitrogens with two attached hydrogens (primary N) is 1. The number of rotatable bonds is 6. The fraction of sp³-hybridized carbons (Fsp3) is 0.176. The molecule has 0 atom stereocenters. The largest absolute Gasteiger partial charge is 0.478 e. The van der Waals surface area contributed by atoms with Crippen LogP contribution >= 0.6 is 0 Å². The van der Waals surface area contributed by atoms with Crippen LogP contribution in [-0.2, 0) is 6.42 Å². The zero-order valence-electron chi connectivity index (χ0n) is 12.1. The van der Waals surface area contributed by atoms with E-state index in [-0.39, 0.29) is 5.95 Å². The lowest BCUT2D eigenvalue weighted by Crippen LogP contribution is -2.04. The molecule has 5 heteroatoms. The lowest BCUT2D eigenvalue weighted by atomic mass is 10.1. The minimum absolute atomic E-state index is 0.173. The minimum Gasteiger partial charge on any atom is -0.478 e. The number of hydrogen-bond acceptors (Lipinski definition) is 5. The van der Waals surface area contributed by atoms with E-state index in [0.29, 0.717) is 23.9 Å². The van der Waals surface area contributed by atoms with Crippen molar-refractivity contribution in [2.45, 2.75) is 12.8 Å². The molecule has 0 saturated heterocycles. The van der Waals surface area contributed by atoms with Crippen molar-refractivity contribution in [3.05, 3.63) is 60.4 Å². The molecule has 5 nitrogen and oxygen atoms in total. The maximum absolute atomic E-state index is 5.72. The maximum Gasteiger partial charge on any atom is 0.223 e. The third kappa shape index (κ3) is 3.63. The lowest BCUT2D eigenvalue weighted by Gasteiger charge is -2.07. The summed E-state index contributed by atoms with van der Waals surface area (Å²) in [5, 5.41) is 0. The van der Waals surface area contributed by atoms with Gasteiger partial charge in [-0.05, 0) is 30.5 Å². The first-order chi connectivity index (χ1) is 10.8.